The molecule has 0 amide bonds. The number of hydrogen-bond acceptors (Lipinski definition) is 7. The topological polar surface area (TPSA) is 88.4 Å². The monoisotopic (exact) mass is 428 g/mol. The SMILES string of the molecule is COc1cc(/C=C/C(=O)c2ccccc2OC)ccc1Oc1nnnn1-c1ccccc1. The summed E-state index contributed by atoms with van der Waals surface area (Å²) in [6.45, 7) is 0. The molecular formula is C24H20N4O4. The molecule has 0 saturated carbocycles. The number of hydrogen-bond donors (Lipinski definition) is 0. The number of ketones is 1. The summed E-state index contributed by atoms with van der Waals surface area (Å²) in [7, 11) is 3.07. The van der Waals surface area contributed by atoms with Crippen molar-refractivity contribution >= 4 is 11.9 Å². The van der Waals surface area contributed by atoms with E-state index in [9.17, 15) is 4.79 Å². The highest BCUT2D eigenvalue weighted by atomic mass is 16.5. The predicted octanol–water partition coefficient (Wildman–Crippen LogP) is 4.37. The maximum Gasteiger partial charge on any atom is 0.346 e. The van der Waals surface area contributed by atoms with Gasteiger partial charge in [-0.3, -0.25) is 4.79 Å². The highest BCUT2D eigenvalue weighted by Crippen LogP contribution is 2.32. The summed E-state index contributed by atoms with van der Waals surface area (Å²) in [5.41, 5.74) is 2.02. The Morgan fingerprint density at radius 1 is 0.875 bits per heavy atom. The van der Waals surface area contributed by atoms with Gasteiger partial charge in [0, 0.05) is 0 Å². The van der Waals surface area contributed by atoms with Gasteiger partial charge in [-0.05, 0) is 58.5 Å². The first kappa shape index (κ1) is 20.8. The third kappa shape index (κ3) is 4.49. The van der Waals surface area contributed by atoms with Crippen molar-refractivity contribution in [1.82, 2.24) is 20.2 Å². The van der Waals surface area contributed by atoms with E-state index < -0.39 is 0 Å². The van der Waals surface area contributed by atoms with Crippen LogP contribution < -0.4 is 14.2 Å². The summed E-state index contributed by atoms with van der Waals surface area (Å²) in [6, 6.07) is 22.0. The van der Waals surface area contributed by atoms with Gasteiger partial charge >= 0.3 is 6.01 Å². The van der Waals surface area contributed by atoms with E-state index >= 15 is 0 Å². The van der Waals surface area contributed by atoms with Gasteiger partial charge in [-0.25, -0.2) is 0 Å². The number of benzene rings is 3. The Morgan fingerprint density at radius 3 is 2.41 bits per heavy atom. The molecule has 1 aromatic heterocycles. The van der Waals surface area contributed by atoms with Gasteiger partial charge in [0.1, 0.15) is 5.75 Å². The standard InChI is InChI=1S/C24H20N4O4/c1-30-21-11-7-6-10-19(21)20(29)14-12-17-13-15-22(23(16-17)31-2)32-24-25-26-27-28(24)18-8-4-3-5-9-18/h3-16H,1-2H3/b14-12+. The number of rotatable bonds is 8. The first-order valence-corrected chi connectivity index (χ1v) is 9.74. The van der Waals surface area contributed by atoms with E-state index in [4.69, 9.17) is 14.2 Å². The number of aromatic nitrogens is 4. The largest absolute Gasteiger partial charge is 0.496 e. The normalized spacial score (nSPS) is 10.8. The molecular weight excluding hydrogens is 408 g/mol. The molecule has 0 saturated heterocycles. The molecule has 0 unspecified atom stereocenters. The molecule has 0 bridgehead atoms. The summed E-state index contributed by atoms with van der Waals surface area (Å²) in [4.78, 5) is 12.6. The smallest absolute Gasteiger partial charge is 0.346 e. The predicted molar refractivity (Wildman–Crippen MR) is 119 cm³/mol. The van der Waals surface area contributed by atoms with Crippen LogP contribution in [-0.2, 0) is 0 Å². The minimum Gasteiger partial charge on any atom is -0.496 e. The number of allylic oxidation sites excluding steroid dienone is 1. The molecule has 4 aromatic rings. The molecule has 0 fully saturated rings. The molecule has 4 rings (SSSR count). The number of nitrogens with zero attached hydrogens (tertiary/aromatic N) is 4. The lowest BCUT2D eigenvalue weighted by molar-refractivity contribution is 0.104. The van der Waals surface area contributed by atoms with Crippen LogP contribution in [0, 0.1) is 0 Å². The minimum atomic E-state index is -0.163. The quantitative estimate of drug-likeness (QED) is 0.304. The third-order valence-corrected chi connectivity index (χ3v) is 4.63. The van der Waals surface area contributed by atoms with Gasteiger partial charge in [0.2, 0.25) is 0 Å². The Kier molecular flexibility index (Phi) is 6.22. The van der Waals surface area contributed by atoms with Crippen LogP contribution in [0.2, 0.25) is 0 Å². The lowest BCUT2D eigenvalue weighted by Crippen LogP contribution is -2.01. The minimum absolute atomic E-state index is 0.163. The number of para-hydroxylation sites is 2. The maximum absolute atomic E-state index is 12.6. The van der Waals surface area contributed by atoms with E-state index in [1.54, 1.807) is 42.5 Å². The van der Waals surface area contributed by atoms with E-state index in [-0.39, 0.29) is 11.8 Å². The first-order chi connectivity index (χ1) is 15.7. The van der Waals surface area contributed by atoms with Crippen molar-refractivity contribution in [3.63, 3.8) is 0 Å². The van der Waals surface area contributed by atoms with Crippen LogP contribution in [-0.4, -0.2) is 40.2 Å². The van der Waals surface area contributed by atoms with Gasteiger partial charge in [0.15, 0.2) is 17.3 Å². The van der Waals surface area contributed by atoms with Crippen LogP contribution in [0.15, 0.2) is 78.9 Å². The third-order valence-electron chi connectivity index (χ3n) is 4.63. The van der Waals surface area contributed by atoms with Crippen molar-refractivity contribution < 1.29 is 19.0 Å². The highest BCUT2D eigenvalue weighted by Gasteiger charge is 2.14. The molecule has 8 nitrogen and oxygen atoms in total. The lowest BCUT2D eigenvalue weighted by atomic mass is 10.1. The highest BCUT2D eigenvalue weighted by molar-refractivity contribution is 6.08. The van der Waals surface area contributed by atoms with Gasteiger partial charge in [-0.15, -0.1) is 0 Å². The molecule has 0 aliphatic rings. The van der Waals surface area contributed by atoms with Crippen molar-refractivity contribution in [1.29, 1.82) is 0 Å². The van der Waals surface area contributed by atoms with Gasteiger partial charge in [-0.1, -0.05) is 47.6 Å². The second-order valence-corrected chi connectivity index (χ2v) is 6.62. The molecule has 0 aliphatic heterocycles. The zero-order chi connectivity index (χ0) is 22.3. The van der Waals surface area contributed by atoms with E-state index in [1.807, 2.05) is 36.4 Å². The van der Waals surface area contributed by atoms with E-state index in [0.29, 0.717) is 22.8 Å². The zero-order valence-corrected chi connectivity index (χ0v) is 17.5. The Balaban J connectivity index is 1.55. The van der Waals surface area contributed by atoms with Crippen molar-refractivity contribution in [3.05, 3.63) is 90.0 Å². The number of carbonyl (C=O) groups excluding carboxylic acids is 1. The second kappa shape index (κ2) is 9.57. The zero-order valence-electron chi connectivity index (χ0n) is 17.5. The van der Waals surface area contributed by atoms with Gasteiger partial charge < -0.3 is 14.2 Å². The van der Waals surface area contributed by atoms with Gasteiger partial charge in [-0.2, -0.15) is 4.68 Å². The fourth-order valence-electron chi connectivity index (χ4n) is 3.05. The van der Waals surface area contributed by atoms with Crippen molar-refractivity contribution in [2.45, 2.75) is 0 Å². The van der Waals surface area contributed by atoms with Crippen LogP contribution >= 0.6 is 0 Å². The Labute approximate surface area is 184 Å². The average Bonchev–Trinajstić information content (AvgIpc) is 3.31. The van der Waals surface area contributed by atoms with Crippen molar-refractivity contribution in [3.8, 4) is 28.9 Å². The molecule has 1 heterocycles. The fourth-order valence-corrected chi connectivity index (χ4v) is 3.05. The Bertz CT molecular complexity index is 1250. The second-order valence-electron chi connectivity index (χ2n) is 6.62. The van der Waals surface area contributed by atoms with Crippen LogP contribution in [0.4, 0.5) is 0 Å². The average molecular weight is 428 g/mol. The maximum atomic E-state index is 12.6. The van der Waals surface area contributed by atoms with E-state index in [1.165, 1.54) is 25.0 Å². The van der Waals surface area contributed by atoms with Gasteiger partial charge in [0.05, 0.1) is 25.5 Å². The Morgan fingerprint density at radius 2 is 1.62 bits per heavy atom. The fraction of sp³-hybridized carbons (Fsp3) is 0.0833. The molecule has 160 valence electrons. The van der Waals surface area contributed by atoms with Crippen molar-refractivity contribution in [2.24, 2.45) is 0 Å². The van der Waals surface area contributed by atoms with Crippen molar-refractivity contribution in [2.75, 3.05) is 14.2 Å². The molecule has 0 atom stereocenters. The first-order valence-electron chi connectivity index (χ1n) is 9.74. The summed E-state index contributed by atoms with van der Waals surface area (Å²) in [6.07, 6.45) is 3.19. The number of ether oxygens (including phenoxy) is 3. The lowest BCUT2D eigenvalue weighted by Gasteiger charge is -2.10. The summed E-state index contributed by atoms with van der Waals surface area (Å²) in [5.74, 6) is 1.27. The van der Waals surface area contributed by atoms with Crippen LogP contribution in [0.25, 0.3) is 11.8 Å². The molecule has 0 aliphatic carbocycles. The molecule has 0 radical (unpaired) electrons. The molecule has 32 heavy (non-hydrogen) atoms. The van der Waals surface area contributed by atoms with Crippen LogP contribution in [0.3, 0.4) is 0 Å². The number of tetrazole rings is 1. The van der Waals surface area contributed by atoms with Crippen LogP contribution in [0.5, 0.6) is 23.3 Å². The Hall–Kier alpha value is -4.46. The molecule has 0 N–H and O–H groups in total. The van der Waals surface area contributed by atoms with Crippen LogP contribution in [0.1, 0.15) is 15.9 Å². The van der Waals surface area contributed by atoms with Gasteiger partial charge in [0.25, 0.3) is 0 Å². The molecule has 8 heteroatoms. The molecule has 3 aromatic carbocycles. The molecule has 0 spiro atoms. The summed E-state index contributed by atoms with van der Waals surface area (Å²) >= 11 is 0. The number of methoxy groups -OCH3 is 2. The van der Waals surface area contributed by atoms with E-state index in [2.05, 4.69) is 15.5 Å². The summed E-state index contributed by atoms with van der Waals surface area (Å²) < 4.78 is 18.1. The summed E-state index contributed by atoms with van der Waals surface area (Å²) in [5, 5.41) is 11.6. The van der Waals surface area contributed by atoms with E-state index in [0.717, 1.165) is 11.3 Å². The number of carbonyl (C=O) groups is 1.